The Morgan fingerprint density at radius 1 is 1.41 bits per heavy atom. The maximum absolute atomic E-state index is 11.2. The highest BCUT2D eigenvalue weighted by molar-refractivity contribution is 6.27. The molecule has 0 fully saturated rings. The van der Waals surface area contributed by atoms with Gasteiger partial charge in [-0.05, 0) is 25.5 Å². The Labute approximate surface area is 107 Å². The largest absolute Gasteiger partial charge is 0.491 e. The van der Waals surface area contributed by atoms with E-state index in [0.717, 1.165) is 11.3 Å². The van der Waals surface area contributed by atoms with Crippen molar-refractivity contribution in [2.24, 2.45) is 0 Å². The minimum Gasteiger partial charge on any atom is -0.491 e. The van der Waals surface area contributed by atoms with E-state index in [-0.39, 0.29) is 11.8 Å². The number of likely N-dealkylation sites (N-methyl/N-ethyl adjacent to an activating group) is 1. The van der Waals surface area contributed by atoms with Crippen molar-refractivity contribution in [1.82, 2.24) is 4.90 Å². The number of halogens is 1. The van der Waals surface area contributed by atoms with E-state index in [0.29, 0.717) is 13.2 Å². The van der Waals surface area contributed by atoms with Crippen molar-refractivity contribution >= 4 is 17.5 Å². The Morgan fingerprint density at radius 2 is 2.12 bits per heavy atom. The maximum atomic E-state index is 11.2. The highest BCUT2D eigenvalue weighted by atomic mass is 35.5. The van der Waals surface area contributed by atoms with Gasteiger partial charge in [0, 0.05) is 7.05 Å². The van der Waals surface area contributed by atoms with E-state index in [2.05, 4.69) is 6.07 Å². The summed E-state index contributed by atoms with van der Waals surface area (Å²) in [7, 11) is 1.72. The summed E-state index contributed by atoms with van der Waals surface area (Å²) in [6.45, 7) is 5.07. The van der Waals surface area contributed by atoms with Gasteiger partial charge in [0.2, 0.25) is 5.91 Å². The number of carbonyl (C=O) groups is 1. The van der Waals surface area contributed by atoms with Crippen LogP contribution in [0.5, 0.6) is 5.75 Å². The Morgan fingerprint density at radius 3 is 2.71 bits per heavy atom. The van der Waals surface area contributed by atoms with Gasteiger partial charge in [-0.2, -0.15) is 0 Å². The molecular formula is C13H18ClNO2. The van der Waals surface area contributed by atoms with Crippen LogP contribution < -0.4 is 4.74 Å². The fraction of sp³-hybridized carbons (Fsp3) is 0.462. The zero-order chi connectivity index (χ0) is 12.8. The Hall–Kier alpha value is -1.22. The topological polar surface area (TPSA) is 29.5 Å². The molecule has 0 bridgehead atoms. The van der Waals surface area contributed by atoms with Crippen molar-refractivity contribution < 1.29 is 9.53 Å². The van der Waals surface area contributed by atoms with Crippen LogP contribution in [0.2, 0.25) is 0 Å². The Bertz CT molecular complexity index is 393. The molecule has 0 aromatic heterocycles. The predicted octanol–water partition coefficient (Wildman–Crippen LogP) is 2.38. The summed E-state index contributed by atoms with van der Waals surface area (Å²) in [6, 6.07) is 6.03. The average molecular weight is 256 g/mol. The molecule has 0 aliphatic heterocycles. The van der Waals surface area contributed by atoms with E-state index >= 15 is 0 Å². The molecule has 3 nitrogen and oxygen atoms in total. The maximum Gasteiger partial charge on any atom is 0.237 e. The molecule has 0 saturated heterocycles. The summed E-state index contributed by atoms with van der Waals surface area (Å²) in [4.78, 5) is 12.8. The third-order valence-corrected chi connectivity index (χ3v) is 2.78. The van der Waals surface area contributed by atoms with E-state index in [9.17, 15) is 4.79 Å². The third-order valence-electron chi connectivity index (χ3n) is 2.55. The normalized spacial score (nSPS) is 10.1. The van der Waals surface area contributed by atoms with Gasteiger partial charge in [-0.1, -0.05) is 17.7 Å². The lowest BCUT2D eigenvalue weighted by molar-refractivity contribution is -0.127. The summed E-state index contributed by atoms with van der Waals surface area (Å²) in [6.07, 6.45) is 0. The minimum atomic E-state index is -0.0871. The fourth-order valence-corrected chi connectivity index (χ4v) is 1.68. The van der Waals surface area contributed by atoms with E-state index in [1.807, 2.05) is 26.0 Å². The van der Waals surface area contributed by atoms with Crippen LogP contribution >= 0.6 is 11.6 Å². The number of aryl methyl sites for hydroxylation is 2. The molecule has 0 N–H and O–H groups in total. The number of rotatable bonds is 5. The van der Waals surface area contributed by atoms with Gasteiger partial charge in [-0.25, -0.2) is 0 Å². The molecule has 0 aliphatic carbocycles. The first kappa shape index (κ1) is 13.8. The highest BCUT2D eigenvalue weighted by Gasteiger charge is 2.06. The molecule has 94 valence electrons. The molecule has 1 rings (SSSR count). The van der Waals surface area contributed by atoms with Crippen LogP contribution in [0.4, 0.5) is 0 Å². The van der Waals surface area contributed by atoms with Crippen LogP contribution in [-0.4, -0.2) is 36.9 Å². The first-order chi connectivity index (χ1) is 8.04. The molecular weight excluding hydrogens is 238 g/mol. The van der Waals surface area contributed by atoms with Gasteiger partial charge in [0.15, 0.2) is 0 Å². The van der Waals surface area contributed by atoms with Crippen LogP contribution in [0.25, 0.3) is 0 Å². The van der Waals surface area contributed by atoms with Gasteiger partial charge in [-0.15, -0.1) is 11.6 Å². The molecule has 17 heavy (non-hydrogen) atoms. The van der Waals surface area contributed by atoms with Crippen molar-refractivity contribution in [3.05, 3.63) is 29.3 Å². The summed E-state index contributed by atoms with van der Waals surface area (Å²) in [5.41, 5.74) is 2.32. The lowest BCUT2D eigenvalue weighted by atomic mass is 10.1. The van der Waals surface area contributed by atoms with E-state index in [1.54, 1.807) is 11.9 Å². The van der Waals surface area contributed by atoms with Gasteiger partial charge < -0.3 is 9.64 Å². The van der Waals surface area contributed by atoms with Crippen LogP contribution in [0.3, 0.4) is 0 Å². The van der Waals surface area contributed by atoms with E-state index in [1.165, 1.54) is 5.56 Å². The smallest absolute Gasteiger partial charge is 0.237 e. The number of alkyl halides is 1. The standard InChI is InChI=1S/C13H18ClNO2/c1-10-4-5-12(11(2)8-10)17-7-6-15(3)13(16)9-14/h4-5,8H,6-7,9H2,1-3H3. The second kappa shape index (κ2) is 6.50. The number of hydrogen-bond donors (Lipinski definition) is 0. The number of hydrogen-bond acceptors (Lipinski definition) is 2. The summed E-state index contributed by atoms with van der Waals surface area (Å²) in [5, 5.41) is 0. The SMILES string of the molecule is Cc1ccc(OCCN(C)C(=O)CCl)c(C)c1. The first-order valence-electron chi connectivity index (χ1n) is 5.54. The molecule has 0 spiro atoms. The second-order valence-corrected chi connectivity index (χ2v) is 4.33. The molecule has 4 heteroatoms. The molecule has 0 radical (unpaired) electrons. The second-order valence-electron chi connectivity index (χ2n) is 4.07. The third kappa shape index (κ3) is 4.27. The van der Waals surface area contributed by atoms with Crippen LogP contribution in [0.15, 0.2) is 18.2 Å². The van der Waals surface area contributed by atoms with E-state index < -0.39 is 0 Å². The molecule has 1 aromatic rings. The number of carbonyl (C=O) groups excluding carboxylic acids is 1. The van der Waals surface area contributed by atoms with Gasteiger partial charge >= 0.3 is 0 Å². The van der Waals surface area contributed by atoms with Crippen LogP contribution in [-0.2, 0) is 4.79 Å². The van der Waals surface area contributed by atoms with E-state index in [4.69, 9.17) is 16.3 Å². The van der Waals surface area contributed by atoms with Crippen molar-refractivity contribution in [3.8, 4) is 5.75 Å². The summed E-state index contributed by atoms with van der Waals surface area (Å²) >= 11 is 5.45. The fourth-order valence-electron chi connectivity index (χ4n) is 1.48. The van der Waals surface area contributed by atoms with Gasteiger partial charge in [0.25, 0.3) is 0 Å². The summed E-state index contributed by atoms with van der Waals surface area (Å²) < 4.78 is 5.62. The number of benzene rings is 1. The minimum absolute atomic E-state index is 0.0139. The molecule has 1 aromatic carbocycles. The monoisotopic (exact) mass is 255 g/mol. The molecule has 0 aliphatic rings. The van der Waals surface area contributed by atoms with Crippen molar-refractivity contribution in [2.45, 2.75) is 13.8 Å². The number of amides is 1. The summed E-state index contributed by atoms with van der Waals surface area (Å²) in [5.74, 6) is 0.790. The van der Waals surface area contributed by atoms with Crippen molar-refractivity contribution in [1.29, 1.82) is 0 Å². The van der Waals surface area contributed by atoms with Gasteiger partial charge in [0.1, 0.15) is 18.2 Å². The molecule has 0 atom stereocenters. The predicted molar refractivity (Wildman–Crippen MR) is 69.8 cm³/mol. The van der Waals surface area contributed by atoms with Crippen molar-refractivity contribution in [2.75, 3.05) is 26.1 Å². The zero-order valence-corrected chi connectivity index (χ0v) is 11.3. The van der Waals surface area contributed by atoms with Crippen molar-refractivity contribution in [3.63, 3.8) is 0 Å². The molecule has 0 saturated carbocycles. The molecule has 1 amide bonds. The zero-order valence-electron chi connectivity index (χ0n) is 10.5. The van der Waals surface area contributed by atoms with Gasteiger partial charge in [0.05, 0.1) is 6.54 Å². The average Bonchev–Trinajstić information content (AvgIpc) is 2.30. The lowest BCUT2D eigenvalue weighted by Gasteiger charge is -2.16. The molecule has 0 heterocycles. The lowest BCUT2D eigenvalue weighted by Crippen LogP contribution is -2.31. The quantitative estimate of drug-likeness (QED) is 0.756. The number of nitrogens with zero attached hydrogens (tertiary/aromatic N) is 1. The van der Waals surface area contributed by atoms with Gasteiger partial charge in [-0.3, -0.25) is 4.79 Å². The Balaban J connectivity index is 2.43. The Kier molecular flexibility index (Phi) is 5.29. The molecule has 0 unspecified atom stereocenters. The first-order valence-corrected chi connectivity index (χ1v) is 6.08. The highest BCUT2D eigenvalue weighted by Crippen LogP contribution is 2.18. The van der Waals surface area contributed by atoms with Crippen LogP contribution in [0.1, 0.15) is 11.1 Å². The number of ether oxygens (including phenoxy) is 1. The van der Waals surface area contributed by atoms with Crippen LogP contribution in [0, 0.1) is 13.8 Å².